The Labute approximate surface area is 162 Å². The van der Waals surface area contributed by atoms with Crippen molar-refractivity contribution in [2.75, 3.05) is 13.7 Å². The average Bonchev–Trinajstić information content (AvgIpc) is 2.85. The number of hydrogen-bond acceptors (Lipinski definition) is 4. The van der Waals surface area contributed by atoms with Gasteiger partial charge in [-0.25, -0.2) is 9.59 Å². The second kappa shape index (κ2) is 6.67. The number of ether oxygens (including phenoxy) is 1. The number of fused-ring (bicyclic) bond motifs is 1. The lowest BCUT2D eigenvalue weighted by atomic mass is 9.85. The maximum absolute atomic E-state index is 13.4. The molecule has 2 fully saturated rings. The molecule has 0 aromatic rings. The third-order valence-electron chi connectivity index (χ3n) is 5.81. The Morgan fingerprint density at radius 2 is 1.67 bits per heavy atom. The minimum atomic E-state index is -0.743. The van der Waals surface area contributed by atoms with Gasteiger partial charge in [-0.1, -0.05) is 34.6 Å². The fourth-order valence-corrected chi connectivity index (χ4v) is 4.23. The molecule has 4 atom stereocenters. The third-order valence-corrected chi connectivity index (χ3v) is 5.81. The highest BCUT2D eigenvalue weighted by atomic mass is 16.5. The molecule has 2 aliphatic rings. The van der Waals surface area contributed by atoms with Gasteiger partial charge in [0, 0.05) is 18.0 Å². The van der Waals surface area contributed by atoms with Gasteiger partial charge in [0.05, 0.1) is 7.11 Å². The number of urea groups is 1. The van der Waals surface area contributed by atoms with E-state index >= 15 is 0 Å². The summed E-state index contributed by atoms with van der Waals surface area (Å²) in [6, 6.07) is -1.72. The molecular weight excluding hydrogens is 346 g/mol. The normalized spacial score (nSPS) is 27.4. The molecule has 1 aliphatic heterocycles. The van der Waals surface area contributed by atoms with Crippen molar-refractivity contribution >= 4 is 17.9 Å². The molecule has 0 aromatic carbocycles. The number of nitrogens with one attached hydrogen (secondary N) is 2. The number of methoxy groups -OCH3 is 1. The molecule has 1 aliphatic carbocycles. The number of likely N-dealkylation sites (tertiary alicyclic amines) is 1. The number of carbonyl (C=O) groups is 3. The van der Waals surface area contributed by atoms with Crippen LogP contribution >= 0.6 is 0 Å². The fourth-order valence-electron chi connectivity index (χ4n) is 4.23. The highest BCUT2D eigenvalue weighted by molar-refractivity contribution is 5.92. The van der Waals surface area contributed by atoms with Crippen molar-refractivity contribution in [1.82, 2.24) is 15.5 Å². The summed E-state index contributed by atoms with van der Waals surface area (Å²) in [5.74, 6) is -0.217. The molecule has 0 aromatic heterocycles. The maximum Gasteiger partial charge on any atom is 0.328 e. The Kier molecular flexibility index (Phi) is 5.32. The van der Waals surface area contributed by atoms with Crippen molar-refractivity contribution in [2.45, 2.75) is 73.0 Å². The molecule has 2 N–H and O–H groups in total. The summed E-state index contributed by atoms with van der Waals surface area (Å²) in [4.78, 5) is 39.8. The summed E-state index contributed by atoms with van der Waals surface area (Å²) in [6.45, 7) is 16.1. The van der Waals surface area contributed by atoms with E-state index in [2.05, 4.69) is 24.5 Å². The van der Waals surface area contributed by atoms with E-state index in [1.807, 2.05) is 41.5 Å². The van der Waals surface area contributed by atoms with Crippen LogP contribution in [0.25, 0.3) is 0 Å². The first-order valence-electron chi connectivity index (χ1n) is 9.58. The highest BCUT2D eigenvalue weighted by Crippen LogP contribution is 2.65. The fraction of sp³-hybridized carbons (Fsp3) is 0.850. The summed E-state index contributed by atoms with van der Waals surface area (Å²) in [5.41, 5.74) is -0.886. The number of amides is 3. The standard InChI is InChI=1S/C20H35N3O4/c1-18(2,3)14(21-17(26)22-19(4,5)6)15(24)23-10-11-12(20(11,7)8)13(23)16(25)27-9/h11-14H,10H2,1-9H3,(H2,21,22,26)/t11?,12?,13-,14?/m0/s1. The summed E-state index contributed by atoms with van der Waals surface area (Å²) in [7, 11) is 1.35. The summed E-state index contributed by atoms with van der Waals surface area (Å²) >= 11 is 0. The van der Waals surface area contributed by atoms with E-state index in [9.17, 15) is 14.4 Å². The second-order valence-electron chi connectivity index (χ2n) is 10.6. The second-order valence-corrected chi connectivity index (χ2v) is 10.6. The Hall–Kier alpha value is -1.79. The topological polar surface area (TPSA) is 87.7 Å². The van der Waals surface area contributed by atoms with E-state index in [0.717, 1.165) is 0 Å². The Morgan fingerprint density at radius 3 is 2.11 bits per heavy atom. The van der Waals surface area contributed by atoms with Crippen molar-refractivity contribution in [2.24, 2.45) is 22.7 Å². The zero-order valence-corrected chi connectivity index (χ0v) is 18.1. The lowest BCUT2D eigenvalue weighted by Crippen LogP contribution is -2.60. The van der Waals surface area contributed by atoms with Gasteiger partial charge in [0.2, 0.25) is 5.91 Å². The largest absolute Gasteiger partial charge is 0.467 e. The van der Waals surface area contributed by atoms with E-state index < -0.39 is 29.1 Å². The van der Waals surface area contributed by atoms with Crippen molar-refractivity contribution in [3.8, 4) is 0 Å². The van der Waals surface area contributed by atoms with Crippen LogP contribution in [0.2, 0.25) is 0 Å². The van der Waals surface area contributed by atoms with Gasteiger partial charge in [0.15, 0.2) is 0 Å². The minimum Gasteiger partial charge on any atom is -0.467 e. The van der Waals surface area contributed by atoms with Gasteiger partial charge in [-0.3, -0.25) is 4.79 Å². The summed E-state index contributed by atoms with van der Waals surface area (Å²) < 4.78 is 4.98. The van der Waals surface area contributed by atoms with Gasteiger partial charge in [-0.05, 0) is 37.5 Å². The van der Waals surface area contributed by atoms with Gasteiger partial charge in [0.1, 0.15) is 12.1 Å². The van der Waals surface area contributed by atoms with Crippen LogP contribution in [0, 0.1) is 22.7 Å². The summed E-state index contributed by atoms with van der Waals surface area (Å²) in [5, 5.41) is 5.66. The lowest BCUT2D eigenvalue weighted by molar-refractivity contribution is -0.154. The quantitative estimate of drug-likeness (QED) is 0.733. The molecule has 0 spiro atoms. The molecule has 1 saturated heterocycles. The van der Waals surface area contributed by atoms with Crippen molar-refractivity contribution in [1.29, 1.82) is 0 Å². The zero-order valence-electron chi connectivity index (χ0n) is 18.1. The van der Waals surface area contributed by atoms with E-state index in [0.29, 0.717) is 6.54 Å². The number of piperidine rings is 1. The van der Waals surface area contributed by atoms with Crippen LogP contribution < -0.4 is 10.6 Å². The molecule has 7 heteroatoms. The number of nitrogens with zero attached hydrogens (tertiary/aromatic N) is 1. The number of carbonyl (C=O) groups excluding carboxylic acids is 3. The molecule has 0 radical (unpaired) electrons. The van der Waals surface area contributed by atoms with Crippen molar-refractivity contribution in [3.63, 3.8) is 0 Å². The SMILES string of the molecule is COC(=O)[C@@H]1C2C(CN1C(=O)C(NC(=O)NC(C)(C)C)C(C)(C)C)C2(C)C. The molecule has 154 valence electrons. The van der Waals surface area contributed by atoms with Gasteiger partial charge < -0.3 is 20.3 Å². The van der Waals surface area contributed by atoms with Crippen LogP contribution in [0.3, 0.4) is 0 Å². The van der Waals surface area contributed by atoms with E-state index in [4.69, 9.17) is 4.74 Å². The number of rotatable bonds is 3. The zero-order chi connectivity index (χ0) is 20.9. The molecule has 27 heavy (non-hydrogen) atoms. The maximum atomic E-state index is 13.4. The molecule has 2 rings (SSSR count). The predicted octanol–water partition coefficient (Wildman–Crippen LogP) is 2.15. The first-order chi connectivity index (χ1) is 12.1. The highest BCUT2D eigenvalue weighted by Gasteiger charge is 2.70. The molecular formula is C20H35N3O4. The first kappa shape index (κ1) is 21.5. The molecule has 7 nitrogen and oxygen atoms in total. The molecule has 1 heterocycles. The Morgan fingerprint density at radius 1 is 1.11 bits per heavy atom. The molecule has 1 saturated carbocycles. The van der Waals surface area contributed by atoms with Gasteiger partial charge >= 0.3 is 12.0 Å². The average molecular weight is 382 g/mol. The van der Waals surface area contributed by atoms with Gasteiger partial charge in [0.25, 0.3) is 0 Å². The predicted molar refractivity (Wildman–Crippen MR) is 103 cm³/mol. The van der Waals surface area contributed by atoms with Crippen LogP contribution in [0.5, 0.6) is 0 Å². The smallest absolute Gasteiger partial charge is 0.328 e. The van der Waals surface area contributed by atoms with Crippen LogP contribution in [0.15, 0.2) is 0 Å². The Bertz CT molecular complexity index is 630. The lowest BCUT2D eigenvalue weighted by Gasteiger charge is -2.37. The number of esters is 1. The van der Waals surface area contributed by atoms with E-state index in [1.165, 1.54) is 7.11 Å². The minimum absolute atomic E-state index is 0.0317. The molecule has 3 unspecified atom stereocenters. The van der Waals surface area contributed by atoms with Crippen molar-refractivity contribution < 1.29 is 19.1 Å². The van der Waals surface area contributed by atoms with Crippen LogP contribution in [0.1, 0.15) is 55.4 Å². The van der Waals surface area contributed by atoms with Crippen LogP contribution in [0.4, 0.5) is 4.79 Å². The molecule has 3 amide bonds. The van der Waals surface area contributed by atoms with Crippen molar-refractivity contribution in [3.05, 3.63) is 0 Å². The number of hydrogen-bond donors (Lipinski definition) is 2. The first-order valence-corrected chi connectivity index (χ1v) is 9.58. The summed E-state index contributed by atoms with van der Waals surface area (Å²) in [6.07, 6.45) is 0. The third kappa shape index (κ3) is 4.22. The van der Waals surface area contributed by atoms with Crippen LogP contribution in [-0.2, 0) is 14.3 Å². The monoisotopic (exact) mass is 381 g/mol. The van der Waals surface area contributed by atoms with Crippen LogP contribution in [-0.4, -0.2) is 54.1 Å². The molecule has 0 bridgehead atoms. The van der Waals surface area contributed by atoms with Gasteiger partial charge in [-0.15, -0.1) is 0 Å². The van der Waals surface area contributed by atoms with E-state index in [1.54, 1.807) is 4.90 Å². The Balaban J connectivity index is 2.23. The van der Waals surface area contributed by atoms with Gasteiger partial charge in [-0.2, -0.15) is 0 Å². The van der Waals surface area contributed by atoms with E-state index in [-0.39, 0.29) is 29.1 Å².